The Morgan fingerprint density at radius 1 is 1.15 bits per heavy atom. The molecule has 2 fully saturated rings. The molecule has 1 aromatic carbocycles. The number of hydrogen-bond donors (Lipinski definition) is 0. The Balaban J connectivity index is 1.78. The first-order valence-electron chi connectivity index (χ1n) is 8.04. The van der Waals surface area contributed by atoms with Gasteiger partial charge in [-0.15, -0.1) is 0 Å². The Hall–Kier alpha value is -1.15. The second-order valence-electron chi connectivity index (χ2n) is 6.21. The monoisotopic (exact) mass is 272 g/mol. The average Bonchev–Trinajstić information content (AvgIpc) is 2.87. The highest BCUT2D eigenvalue weighted by molar-refractivity contribution is 6.02. The molecule has 108 valence electrons. The number of rotatable bonds is 5. The maximum atomic E-state index is 12.8. The maximum absolute atomic E-state index is 12.8. The van der Waals surface area contributed by atoms with Crippen LogP contribution in [-0.2, 0) is 4.74 Å². The molecule has 1 aromatic rings. The van der Waals surface area contributed by atoms with Gasteiger partial charge >= 0.3 is 0 Å². The third kappa shape index (κ3) is 2.42. The van der Waals surface area contributed by atoms with Crippen molar-refractivity contribution in [2.24, 2.45) is 0 Å². The van der Waals surface area contributed by atoms with Crippen LogP contribution in [0.5, 0.6) is 0 Å². The van der Waals surface area contributed by atoms with Crippen molar-refractivity contribution < 1.29 is 9.53 Å². The van der Waals surface area contributed by atoms with E-state index < -0.39 is 5.60 Å². The van der Waals surface area contributed by atoms with E-state index in [1.165, 1.54) is 24.8 Å². The number of hydrogen-bond acceptors (Lipinski definition) is 2. The van der Waals surface area contributed by atoms with Gasteiger partial charge in [0, 0.05) is 12.2 Å². The fourth-order valence-corrected chi connectivity index (χ4v) is 3.57. The van der Waals surface area contributed by atoms with E-state index in [1.54, 1.807) is 0 Å². The van der Waals surface area contributed by atoms with Crippen LogP contribution in [-0.4, -0.2) is 18.0 Å². The fraction of sp³-hybridized carbons (Fsp3) is 0.611. The first-order chi connectivity index (χ1) is 9.75. The number of ketones is 1. The van der Waals surface area contributed by atoms with Crippen molar-refractivity contribution in [1.82, 2.24) is 0 Å². The first-order valence-corrected chi connectivity index (χ1v) is 8.04. The van der Waals surface area contributed by atoms with Crippen molar-refractivity contribution in [3.05, 3.63) is 35.4 Å². The van der Waals surface area contributed by atoms with Crippen LogP contribution in [0.1, 0.15) is 73.7 Å². The maximum Gasteiger partial charge on any atom is 0.194 e. The molecule has 0 heterocycles. The van der Waals surface area contributed by atoms with Crippen molar-refractivity contribution in [3.8, 4) is 0 Å². The van der Waals surface area contributed by atoms with Crippen LogP contribution in [0.3, 0.4) is 0 Å². The van der Waals surface area contributed by atoms with Crippen LogP contribution < -0.4 is 0 Å². The van der Waals surface area contributed by atoms with E-state index >= 15 is 0 Å². The number of carbonyl (C=O) groups is 1. The van der Waals surface area contributed by atoms with Crippen LogP contribution in [0.25, 0.3) is 0 Å². The lowest BCUT2D eigenvalue weighted by molar-refractivity contribution is -0.0163. The van der Waals surface area contributed by atoms with Gasteiger partial charge in [-0.2, -0.15) is 0 Å². The van der Waals surface area contributed by atoms with E-state index in [-0.39, 0.29) is 5.78 Å². The second kappa shape index (κ2) is 5.69. The Bertz CT molecular complexity index is 465. The lowest BCUT2D eigenvalue weighted by Crippen LogP contribution is -2.38. The summed E-state index contributed by atoms with van der Waals surface area (Å²) < 4.78 is 5.87. The SMILES string of the molecule is CCOC1(C(=O)c2ccc(C3CCC3)cc2)CCCC1. The van der Waals surface area contributed by atoms with E-state index in [2.05, 4.69) is 12.1 Å². The zero-order chi connectivity index (χ0) is 14.0. The largest absolute Gasteiger partial charge is 0.367 e. The lowest BCUT2D eigenvalue weighted by Gasteiger charge is -2.28. The molecule has 0 saturated heterocycles. The van der Waals surface area contributed by atoms with E-state index in [4.69, 9.17) is 4.74 Å². The molecule has 0 N–H and O–H groups in total. The highest BCUT2D eigenvalue weighted by Crippen LogP contribution is 2.38. The average molecular weight is 272 g/mol. The van der Waals surface area contributed by atoms with Crippen molar-refractivity contribution in [1.29, 1.82) is 0 Å². The molecule has 0 aromatic heterocycles. The standard InChI is InChI=1S/C18H24O2/c1-2-20-18(12-3-4-13-18)17(19)16-10-8-15(9-11-16)14-6-5-7-14/h8-11,14H,2-7,12-13H2,1H3. The van der Waals surface area contributed by atoms with Crippen LogP contribution in [0.15, 0.2) is 24.3 Å². The van der Waals surface area contributed by atoms with E-state index in [1.807, 2.05) is 19.1 Å². The van der Waals surface area contributed by atoms with Crippen molar-refractivity contribution >= 4 is 5.78 Å². The summed E-state index contributed by atoms with van der Waals surface area (Å²) in [4.78, 5) is 12.8. The summed E-state index contributed by atoms with van der Waals surface area (Å²) in [7, 11) is 0. The number of benzene rings is 1. The number of carbonyl (C=O) groups excluding carboxylic acids is 1. The number of ether oxygens (including phenoxy) is 1. The molecule has 20 heavy (non-hydrogen) atoms. The van der Waals surface area contributed by atoms with Crippen molar-refractivity contribution in [2.75, 3.05) is 6.61 Å². The molecular formula is C18H24O2. The predicted molar refractivity (Wildman–Crippen MR) is 80.2 cm³/mol. The molecule has 0 radical (unpaired) electrons. The van der Waals surface area contributed by atoms with E-state index in [9.17, 15) is 4.79 Å². The Morgan fingerprint density at radius 3 is 2.30 bits per heavy atom. The van der Waals surface area contributed by atoms with Crippen LogP contribution >= 0.6 is 0 Å². The predicted octanol–water partition coefficient (Wildman–Crippen LogP) is 4.49. The summed E-state index contributed by atoms with van der Waals surface area (Å²) in [5, 5.41) is 0. The van der Waals surface area contributed by atoms with Gasteiger partial charge in [-0.05, 0) is 56.9 Å². The molecule has 0 unspecified atom stereocenters. The Labute approximate surface area is 121 Å². The molecule has 2 nitrogen and oxygen atoms in total. The minimum atomic E-state index is -0.535. The molecule has 0 amide bonds. The number of Topliss-reactive ketones (excluding diaryl/α,β-unsaturated/α-hetero) is 1. The van der Waals surface area contributed by atoms with Gasteiger partial charge in [-0.1, -0.05) is 30.7 Å². The molecule has 2 aliphatic carbocycles. The van der Waals surface area contributed by atoms with Crippen LogP contribution in [0, 0.1) is 0 Å². The normalized spacial score (nSPS) is 21.6. The summed E-state index contributed by atoms with van der Waals surface area (Å²) in [6, 6.07) is 8.31. The molecule has 0 aliphatic heterocycles. The smallest absolute Gasteiger partial charge is 0.194 e. The van der Waals surface area contributed by atoms with Gasteiger partial charge in [0.15, 0.2) is 5.78 Å². The second-order valence-corrected chi connectivity index (χ2v) is 6.21. The van der Waals surface area contributed by atoms with Crippen molar-refractivity contribution in [2.45, 2.75) is 63.4 Å². The van der Waals surface area contributed by atoms with E-state index in [0.717, 1.165) is 37.2 Å². The Morgan fingerprint density at radius 2 is 1.80 bits per heavy atom. The van der Waals surface area contributed by atoms with Gasteiger partial charge in [0.1, 0.15) is 5.60 Å². The van der Waals surface area contributed by atoms with Gasteiger partial charge in [0.2, 0.25) is 0 Å². The topological polar surface area (TPSA) is 26.3 Å². The summed E-state index contributed by atoms with van der Waals surface area (Å²) in [5.74, 6) is 0.920. The molecule has 2 saturated carbocycles. The van der Waals surface area contributed by atoms with Gasteiger partial charge in [0.25, 0.3) is 0 Å². The summed E-state index contributed by atoms with van der Waals surface area (Å²) in [6.07, 6.45) is 7.91. The summed E-state index contributed by atoms with van der Waals surface area (Å²) in [6.45, 7) is 2.60. The minimum absolute atomic E-state index is 0.192. The third-order valence-electron chi connectivity index (χ3n) is 5.00. The van der Waals surface area contributed by atoms with Gasteiger partial charge < -0.3 is 4.74 Å². The van der Waals surface area contributed by atoms with Crippen molar-refractivity contribution in [3.63, 3.8) is 0 Å². The molecule has 2 aliphatic rings. The Kier molecular flexibility index (Phi) is 3.93. The zero-order valence-corrected chi connectivity index (χ0v) is 12.4. The quantitative estimate of drug-likeness (QED) is 0.738. The van der Waals surface area contributed by atoms with Gasteiger partial charge in [-0.3, -0.25) is 4.79 Å². The highest BCUT2D eigenvalue weighted by Gasteiger charge is 2.42. The molecule has 3 rings (SSSR count). The first kappa shape index (κ1) is 13.8. The highest BCUT2D eigenvalue weighted by atomic mass is 16.5. The van der Waals surface area contributed by atoms with Crippen LogP contribution in [0.4, 0.5) is 0 Å². The third-order valence-corrected chi connectivity index (χ3v) is 5.00. The molecule has 0 atom stereocenters. The van der Waals surface area contributed by atoms with Crippen LogP contribution in [0.2, 0.25) is 0 Å². The van der Waals surface area contributed by atoms with Gasteiger partial charge in [0.05, 0.1) is 0 Å². The molecule has 0 spiro atoms. The molecule has 2 heteroatoms. The fourth-order valence-electron chi connectivity index (χ4n) is 3.57. The molecular weight excluding hydrogens is 248 g/mol. The minimum Gasteiger partial charge on any atom is -0.367 e. The lowest BCUT2D eigenvalue weighted by atomic mass is 9.79. The van der Waals surface area contributed by atoms with E-state index in [0.29, 0.717) is 6.61 Å². The zero-order valence-electron chi connectivity index (χ0n) is 12.4. The summed E-state index contributed by atoms with van der Waals surface area (Å²) in [5.41, 5.74) is 1.68. The van der Waals surface area contributed by atoms with Gasteiger partial charge in [-0.25, -0.2) is 0 Å². The molecule has 0 bridgehead atoms. The summed E-state index contributed by atoms with van der Waals surface area (Å²) >= 11 is 0.